The summed E-state index contributed by atoms with van der Waals surface area (Å²) in [5.41, 5.74) is 4.11. The fraction of sp³-hybridized carbons (Fsp3) is 0.235. The lowest BCUT2D eigenvalue weighted by Crippen LogP contribution is -2.25. The monoisotopic (exact) mass is 292 g/mol. The van der Waals surface area contributed by atoms with Gasteiger partial charge in [-0.1, -0.05) is 54.6 Å². The van der Waals surface area contributed by atoms with Gasteiger partial charge in [-0.25, -0.2) is 0 Å². The molecule has 1 aliphatic rings. The van der Waals surface area contributed by atoms with E-state index in [9.17, 15) is 0 Å². The van der Waals surface area contributed by atoms with Gasteiger partial charge >= 0.3 is 0 Å². The number of aromatic amines is 1. The van der Waals surface area contributed by atoms with E-state index in [-0.39, 0.29) is 5.41 Å². The van der Waals surface area contributed by atoms with Gasteiger partial charge in [-0.3, -0.25) is 5.10 Å². The van der Waals surface area contributed by atoms with Gasteiger partial charge in [0.2, 0.25) is 0 Å². The van der Waals surface area contributed by atoms with E-state index < -0.39 is 0 Å². The zero-order chi connectivity index (χ0) is 15.2. The van der Waals surface area contributed by atoms with E-state index >= 15 is 0 Å². The second-order valence-corrected chi connectivity index (χ2v) is 5.90. The second kappa shape index (κ2) is 4.66. The van der Waals surface area contributed by atoms with Crippen molar-refractivity contribution in [3.8, 4) is 11.6 Å². The molecule has 0 saturated heterocycles. The quantitative estimate of drug-likeness (QED) is 0.787. The zero-order valence-electron chi connectivity index (χ0n) is 12.5. The fourth-order valence-corrected chi connectivity index (χ4v) is 2.97. The highest BCUT2D eigenvalue weighted by Gasteiger charge is 2.31. The smallest absolute Gasteiger partial charge is 0.279 e. The maximum absolute atomic E-state index is 5.23. The van der Waals surface area contributed by atoms with Crippen molar-refractivity contribution < 1.29 is 4.52 Å². The van der Waals surface area contributed by atoms with Crippen LogP contribution in [0.5, 0.6) is 0 Å². The van der Waals surface area contributed by atoms with Crippen molar-refractivity contribution in [3.63, 3.8) is 0 Å². The molecule has 3 aromatic rings. The highest BCUT2D eigenvalue weighted by atomic mass is 16.5. The average Bonchev–Trinajstić information content (AvgIpc) is 3.13. The number of nitrogens with zero attached hydrogens (tertiary/aromatic N) is 3. The summed E-state index contributed by atoms with van der Waals surface area (Å²) in [7, 11) is 0. The van der Waals surface area contributed by atoms with Crippen molar-refractivity contribution in [1.82, 2.24) is 20.3 Å². The van der Waals surface area contributed by atoms with Gasteiger partial charge in [0.05, 0.1) is 0 Å². The third kappa shape index (κ3) is 1.97. The van der Waals surface area contributed by atoms with Crippen LogP contribution in [0.1, 0.15) is 29.6 Å². The first-order chi connectivity index (χ1) is 10.7. The molecule has 2 aromatic heterocycles. The van der Waals surface area contributed by atoms with E-state index in [0.717, 1.165) is 23.4 Å². The lowest BCUT2D eigenvalue weighted by molar-refractivity contribution is 0.424. The fourth-order valence-electron chi connectivity index (χ4n) is 2.97. The summed E-state index contributed by atoms with van der Waals surface area (Å²) in [4.78, 5) is 4.26. The summed E-state index contributed by atoms with van der Waals surface area (Å²) < 4.78 is 5.23. The van der Waals surface area contributed by atoms with Crippen LogP contribution in [0.3, 0.4) is 0 Å². The summed E-state index contributed by atoms with van der Waals surface area (Å²) in [6, 6.07) is 10.5. The molecule has 0 spiro atoms. The molecule has 1 aromatic carbocycles. The van der Waals surface area contributed by atoms with Crippen LogP contribution in [0.4, 0.5) is 0 Å². The number of allylic oxidation sites excluding steroid dienone is 1. The molecule has 5 heteroatoms. The molecule has 0 aliphatic heterocycles. The maximum Gasteiger partial charge on any atom is 0.279 e. The Balaban J connectivity index is 1.74. The average molecular weight is 292 g/mol. The Bertz CT molecular complexity index is 847. The van der Waals surface area contributed by atoms with Gasteiger partial charge in [0, 0.05) is 23.1 Å². The Morgan fingerprint density at radius 2 is 2.05 bits per heavy atom. The summed E-state index contributed by atoms with van der Waals surface area (Å²) in [6.07, 6.45) is 5.19. The molecule has 1 N–H and O–H groups in total. The van der Waals surface area contributed by atoms with Gasteiger partial charge in [-0.05, 0) is 12.5 Å². The summed E-state index contributed by atoms with van der Waals surface area (Å²) >= 11 is 0. The van der Waals surface area contributed by atoms with Crippen LogP contribution < -0.4 is 0 Å². The molecule has 0 radical (unpaired) electrons. The highest BCUT2D eigenvalue weighted by Crippen LogP contribution is 2.37. The van der Waals surface area contributed by atoms with Crippen molar-refractivity contribution in [2.45, 2.75) is 25.7 Å². The van der Waals surface area contributed by atoms with Crippen molar-refractivity contribution in [1.29, 1.82) is 0 Å². The molecule has 110 valence electrons. The minimum absolute atomic E-state index is 0.0389. The molecule has 0 amide bonds. The van der Waals surface area contributed by atoms with E-state index in [1.807, 2.05) is 6.07 Å². The molecule has 1 unspecified atom stereocenters. The number of rotatable bonds is 2. The standard InChI is InChI=1S/C17H16N4O/c1-11-18-16(22-21-11)15-13-8-9-17(2,10-14(13)19-20-15)12-6-4-3-5-7-12/h3-9H,10H2,1-2H3,(H,19,20). The van der Waals surface area contributed by atoms with Gasteiger partial charge < -0.3 is 4.52 Å². The van der Waals surface area contributed by atoms with Gasteiger partial charge in [0.15, 0.2) is 11.5 Å². The number of hydrogen-bond acceptors (Lipinski definition) is 4. The van der Waals surface area contributed by atoms with E-state index in [1.165, 1.54) is 5.56 Å². The third-order valence-electron chi connectivity index (χ3n) is 4.21. The predicted molar refractivity (Wildman–Crippen MR) is 83.1 cm³/mol. The Hall–Kier alpha value is -2.69. The molecular formula is C17H16N4O. The molecule has 0 bridgehead atoms. The molecule has 22 heavy (non-hydrogen) atoms. The van der Waals surface area contributed by atoms with E-state index in [0.29, 0.717) is 11.7 Å². The van der Waals surface area contributed by atoms with E-state index in [1.54, 1.807) is 6.92 Å². The number of aryl methyl sites for hydroxylation is 1. The Morgan fingerprint density at radius 3 is 2.77 bits per heavy atom. The molecule has 1 atom stereocenters. The van der Waals surface area contributed by atoms with Gasteiger partial charge in [-0.15, -0.1) is 0 Å². The molecule has 2 heterocycles. The first kappa shape index (κ1) is 13.0. The molecule has 0 fully saturated rings. The number of nitrogens with one attached hydrogen (secondary N) is 1. The second-order valence-electron chi connectivity index (χ2n) is 5.90. The Kier molecular flexibility index (Phi) is 2.76. The molecule has 5 nitrogen and oxygen atoms in total. The van der Waals surface area contributed by atoms with Crippen molar-refractivity contribution in [2.24, 2.45) is 0 Å². The van der Waals surface area contributed by atoms with Crippen LogP contribution in [0.15, 0.2) is 40.9 Å². The summed E-state index contributed by atoms with van der Waals surface area (Å²) in [6.45, 7) is 4.04. The number of hydrogen-bond donors (Lipinski definition) is 1. The molecular weight excluding hydrogens is 276 g/mol. The minimum atomic E-state index is -0.0389. The lowest BCUT2D eigenvalue weighted by atomic mass is 9.75. The SMILES string of the molecule is Cc1noc(-c2n[nH]c3c2C=CC(C)(c2ccccc2)C3)n1. The van der Waals surface area contributed by atoms with E-state index in [4.69, 9.17) is 4.52 Å². The summed E-state index contributed by atoms with van der Waals surface area (Å²) in [5.74, 6) is 1.07. The molecule has 1 aliphatic carbocycles. The number of fused-ring (bicyclic) bond motifs is 1. The minimum Gasteiger partial charge on any atom is -0.332 e. The van der Waals surface area contributed by atoms with Crippen LogP contribution in [0.25, 0.3) is 17.7 Å². The highest BCUT2D eigenvalue weighted by molar-refractivity contribution is 5.71. The van der Waals surface area contributed by atoms with Gasteiger partial charge in [-0.2, -0.15) is 10.1 Å². The van der Waals surface area contributed by atoms with Crippen molar-refractivity contribution in [2.75, 3.05) is 0 Å². The normalized spacial score (nSPS) is 20.1. The van der Waals surface area contributed by atoms with Crippen LogP contribution in [-0.2, 0) is 11.8 Å². The molecule has 4 rings (SSSR count). The first-order valence-corrected chi connectivity index (χ1v) is 7.28. The largest absolute Gasteiger partial charge is 0.332 e. The predicted octanol–water partition coefficient (Wildman–Crippen LogP) is 3.30. The van der Waals surface area contributed by atoms with Crippen LogP contribution in [0.2, 0.25) is 0 Å². The van der Waals surface area contributed by atoms with Crippen molar-refractivity contribution in [3.05, 3.63) is 59.1 Å². The zero-order valence-corrected chi connectivity index (χ0v) is 12.5. The van der Waals surface area contributed by atoms with Gasteiger partial charge in [0.1, 0.15) is 0 Å². The third-order valence-corrected chi connectivity index (χ3v) is 4.21. The van der Waals surface area contributed by atoms with Crippen LogP contribution in [-0.4, -0.2) is 20.3 Å². The number of benzene rings is 1. The molecule has 0 saturated carbocycles. The van der Waals surface area contributed by atoms with E-state index in [2.05, 4.69) is 63.7 Å². The lowest BCUT2D eigenvalue weighted by Gasteiger charge is -2.29. The van der Waals surface area contributed by atoms with Crippen LogP contribution in [0, 0.1) is 6.92 Å². The van der Waals surface area contributed by atoms with Crippen LogP contribution >= 0.6 is 0 Å². The summed E-state index contributed by atoms with van der Waals surface area (Å²) in [5, 5.41) is 11.3. The Morgan fingerprint density at radius 1 is 1.23 bits per heavy atom. The Labute approximate surface area is 128 Å². The topological polar surface area (TPSA) is 67.6 Å². The maximum atomic E-state index is 5.23. The van der Waals surface area contributed by atoms with Gasteiger partial charge in [0.25, 0.3) is 5.89 Å². The number of H-pyrrole nitrogens is 1. The van der Waals surface area contributed by atoms with Crippen molar-refractivity contribution >= 4 is 6.08 Å². The number of aromatic nitrogens is 4. The first-order valence-electron chi connectivity index (χ1n) is 7.28.